The lowest BCUT2D eigenvalue weighted by molar-refractivity contribution is -0.161. The van der Waals surface area contributed by atoms with Gasteiger partial charge in [-0.2, -0.15) is 0 Å². The molecular formula is C46H84NO11P. The Bertz CT molecular complexity index is 1150. The van der Waals surface area contributed by atoms with Crippen LogP contribution in [0.5, 0.6) is 0 Å². The highest BCUT2D eigenvalue weighted by molar-refractivity contribution is 7.47. The highest BCUT2D eigenvalue weighted by Gasteiger charge is 2.26. The van der Waals surface area contributed by atoms with Gasteiger partial charge in [0.2, 0.25) is 5.91 Å². The number of hydrogen-bond acceptors (Lipinski definition) is 9. The molecule has 12 nitrogen and oxygen atoms in total. The fourth-order valence-electron chi connectivity index (χ4n) is 6.35. The molecule has 0 aromatic rings. The lowest BCUT2D eigenvalue weighted by Crippen LogP contribution is -2.30. The van der Waals surface area contributed by atoms with E-state index in [1.54, 1.807) is 0 Å². The molecule has 1 amide bonds. The minimum atomic E-state index is -4.60. The molecule has 0 aromatic carbocycles. The maximum Gasteiger partial charge on any atom is 0.472 e. The van der Waals surface area contributed by atoms with Crippen LogP contribution in [0.25, 0.3) is 0 Å². The number of carbonyl (C=O) groups excluding carboxylic acids is 3. The van der Waals surface area contributed by atoms with Gasteiger partial charge in [-0.3, -0.25) is 28.2 Å². The van der Waals surface area contributed by atoms with Gasteiger partial charge in [0, 0.05) is 32.2 Å². The second-order valence-corrected chi connectivity index (χ2v) is 17.1. The number of ether oxygens (including phenoxy) is 2. The standard InChI is InChI=1S/C46H84NO11P/c1-3-5-7-9-11-13-15-17-19-21-23-25-27-29-31-36-45(51)55-40-42(41-57-59(53,54)56-39-38-47-43(48)34-33-35-44(49)50)58-46(52)37-32-30-28-26-24-22-20-18-16-14-12-10-8-6-4-2/h17-20,42H,3-16,21-41H2,1-2H3,(H,47,48)(H,49,50)(H,53,54). The van der Waals surface area contributed by atoms with E-state index in [0.29, 0.717) is 12.8 Å². The van der Waals surface area contributed by atoms with Crippen molar-refractivity contribution >= 4 is 31.6 Å². The summed E-state index contributed by atoms with van der Waals surface area (Å²) < 4.78 is 33.4. The third kappa shape index (κ3) is 43.4. The Hall–Kier alpha value is -2.53. The molecule has 3 N–H and O–H groups in total. The number of allylic oxidation sites excluding steroid dienone is 4. The van der Waals surface area contributed by atoms with Crippen LogP contribution in [-0.2, 0) is 42.3 Å². The SMILES string of the molecule is CCCCCCCCC=CCCCCCCCC(=O)OCC(COP(=O)(O)OCCNC(=O)CCCC(=O)O)OC(=O)CCCCCCCC=CCCCCCCCC. The van der Waals surface area contributed by atoms with Gasteiger partial charge in [-0.05, 0) is 70.6 Å². The zero-order valence-corrected chi connectivity index (χ0v) is 38.0. The number of carboxylic acid groups (broad SMARTS) is 1. The molecule has 0 rings (SSSR count). The fourth-order valence-corrected chi connectivity index (χ4v) is 7.10. The highest BCUT2D eigenvalue weighted by atomic mass is 31.2. The van der Waals surface area contributed by atoms with Crippen LogP contribution in [0.1, 0.15) is 213 Å². The van der Waals surface area contributed by atoms with E-state index in [1.165, 1.54) is 77.0 Å². The maximum atomic E-state index is 12.7. The van der Waals surface area contributed by atoms with Crippen LogP contribution in [-0.4, -0.2) is 66.3 Å². The predicted molar refractivity (Wildman–Crippen MR) is 236 cm³/mol. The summed E-state index contributed by atoms with van der Waals surface area (Å²) in [5.41, 5.74) is 0. The molecule has 0 aromatic heterocycles. The number of amides is 1. The molecule has 13 heteroatoms. The summed E-state index contributed by atoms with van der Waals surface area (Å²) in [4.78, 5) is 57.8. The molecule has 0 aliphatic heterocycles. The van der Waals surface area contributed by atoms with Crippen LogP contribution >= 0.6 is 7.82 Å². The summed E-state index contributed by atoms with van der Waals surface area (Å²) in [6.07, 6.45) is 38.2. The van der Waals surface area contributed by atoms with Crippen molar-refractivity contribution in [3.8, 4) is 0 Å². The maximum absolute atomic E-state index is 12.7. The number of rotatable bonds is 44. The monoisotopic (exact) mass is 858 g/mol. The van der Waals surface area contributed by atoms with Gasteiger partial charge in [0.15, 0.2) is 6.10 Å². The molecule has 0 saturated heterocycles. The number of aliphatic carboxylic acids is 1. The molecule has 0 bridgehead atoms. The second kappa shape index (κ2) is 42.2. The minimum Gasteiger partial charge on any atom is -0.481 e. The average Bonchev–Trinajstić information content (AvgIpc) is 3.20. The summed E-state index contributed by atoms with van der Waals surface area (Å²) >= 11 is 0. The van der Waals surface area contributed by atoms with Gasteiger partial charge in [-0.1, -0.05) is 141 Å². The highest BCUT2D eigenvalue weighted by Crippen LogP contribution is 2.43. The first kappa shape index (κ1) is 56.5. The minimum absolute atomic E-state index is 0.000390. The van der Waals surface area contributed by atoms with Gasteiger partial charge in [0.1, 0.15) is 6.61 Å². The summed E-state index contributed by atoms with van der Waals surface area (Å²) in [6.45, 7) is 3.18. The van der Waals surface area contributed by atoms with Crippen molar-refractivity contribution in [2.24, 2.45) is 0 Å². The molecule has 2 atom stereocenters. The number of unbranched alkanes of at least 4 members (excludes halogenated alkanes) is 22. The van der Waals surface area contributed by atoms with Crippen molar-refractivity contribution in [2.75, 3.05) is 26.4 Å². The Morgan fingerprint density at radius 3 is 1.46 bits per heavy atom. The molecule has 0 radical (unpaired) electrons. The molecule has 0 spiro atoms. The summed E-state index contributed by atoms with van der Waals surface area (Å²) in [7, 11) is -4.60. The van der Waals surface area contributed by atoms with E-state index in [-0.39, 0.29) is 51.9 Å². The Morgan fingerprint density at radius 2 is 0.983 bits per heavy atom. The summed E-state index contributed by atoms with van der Waals surface area (Å²) in [6, 6.07) is 0. The van der Waals surface area contributed by atoms with Crippen molar-refractivity contribution in [1.82, 2.24) is 5.32 Å². The lowest BCUT2D eigenvalue weighted by atomic mass is 10.1. The van der Waals surface area contributed by atoms with Crippen molar-refractivity contribution in [3.05, 3.63) is 24.3 Å². The fraction of sp³-hybridized carbons (Fsp3) is 0.826. The van der Waals surface area contributed by atoms with Crippen molar-refractivity contribution in [3.63, 3.8) is 0 Å². The zero-order valence-electron chi connectivity index (χ0n) is 37.2. The van der Waals surface area contributed by atoms with Crippen LogP contribution < -0.4 is 5.32 Å². The molecule has 0 saturated carbocycles. The quantitative estimate of drug-likeness (QED) is 0.0230. The number of hydrogen-bond donors (Lipinski definition) is 3. The number of carboxylic acids is 1. The normalized spacial score (nSPS) is 13.1. The van der Waals surface area contributed by atoms with Crippen molar-refractivity contribution in [1.29, 1.82) is 0 Å². The van der Waals surface area contributed by atoms with Crippen LogP contribution in [0.15, 0.2) is 24.3 Å². The summed E-state index contributed by atoms with van der Waals surface area (Å²) in [5.74, 6) is -2.36. The first-order chi connectivity index (χ1) is 28.6. The zero-order chi connectivity index (χ0) is 43.5. The van der Waals surface area contributed by atoms with E-state index < -0.39 is 44.3 Å². The van der Waals surface area contributed by atoms with E-state index in [0.717, 1.165) is 77.0 Å². The molecule has 0 heterocycles. The van der Waals surface area contributed by atoms with Crippen molar-refractivity contribution in [2.45, 2.75) is 219 Å². The number of phosphoric ester groups is 1. The Labute approximate surface area is 358 Å². The first-order valence-electron chi connectivity index (χ1n) is 23.3. The van der Waals surface area contributed by atoms with Crippen LogP contribution in [0.2, 0.25) is 0 Å². The van der Waals surface area contributed by atoms with Gasteiger partial charge in [-0.15, -0.1) is 0 Å². The summed E-state index contributed by atoms with van der Waals surface area (Å²) in [5, 5.41) is 11.2. The smallest absolute Gasteiger partial charge is 0.472 e. The number of esters is 2. The van der Waals surface area contributed by atoms with E-state index in [9.17, 15) is 28.6 Å². The van der Waals surface area contributed by atoms with Gasteiger partial charge < -0.3 is 24.8 Å². The van der Waals surface area contributed by atoms with Crippen molar-refractivity contribution < 1.29 is 52.3 Å². The average molecular weight is 858 g/mol. The molecule has 59 heavy (non-hydrogen) atoms. The molecule has 0 fully saturated rings. The largest absolute Gasteiger partial charge is 0.481 e. The molecular weight excluding hydrogens is 773 g/mol. The number of carbonyl (C=O) groups is 4. The van der Waals surface area contributed by atoms with Gasteiger partial charge in [0.05, 0.1) is 13.2 Å². The Kier molecular flexibility index (Phi) is 40.4. The predicted octanol–water partition coefficient (Wildman–Crippen LogP) is 12.0. The third-order valence-corrected chi connectivity index (χ3v) is 10.9. The first-order valence-corrected chi connectivity index (χ1v) is 24.8. The Balaban J connectivity index is 4.54. The topological polar surface area (TPSA) is 175 Å². The van der Waals surface area contributed by atoms with Gasteiger partial charge in [0.25, 0.3) is 0 Å². The van der Waals surface area contributed by atoms with Crippen LogP contribution in [0.3, 0.4) is 0 Å². The van der Waals surface area contributed by atoms with Crippen LogP contribution in [0.4, 0.5) is 0 Å². The lowest BCUT2D eigenvalue weighted by Gasteiger charge is -2.20. The van der Waals surface area contributed by atoms with Gasteiger partial charge in [-0.25, -0.2) is 4.57 Å². The van der Waals surface area contributed by atoms with E-state index in [1.807, 2.05) is 0 Å². The molecule has 0 aliphatic rings. The van der Waals surface area contributed by atoms with E-state index in [2.05, 4.69) is 43.5 Å². The second-order valence-electron chi connectivity index (χ2n) is 15.7. The van der Waals surface area contributed by atoms with Crippen LogP contribution in [0, 0.1) is 0 Å². The van der Waals surface area contributed by atoms with Gasteiger partial charge >= 0.3 is 25.7 Å². The molecule has 2 unspecified atom stereocenters. The van der Waals surface area contributed by atoms with E-state index in [4.69, 9.17) is 23.6 Å². The molecule has 0 aliphatic carbocycles. The third-order valence-electron chi connectivity index (χ3n) is 9.91. The van der Waals surface area contributed by atoms with E-state index >= 15 is 0 Å². The molecule has 344 valence electrons. The number of phosphoric acid groups is 1. The Morgan fingerprint density at radius 1 is 0.542 bits per heavy atom. The number of nitrogens with one attached hydrogen (secondary N) is 1.